The molecule has 0 saturated heterocycles. The van der Waals surface area contributed by atoms with Crippen molar-refractivity contribution in [3.05, 3.63) is 105 Å². The van der Waals surface area contributed by atoms with Crippen molar-refractivity contribution in [2.45, 2.75) is 6.92 Å². The Hall–Kier alpha value is -4.07. The third kappa shape index (κ3) is 3.31. The number of anilines is 1. The SMILES string of the molecule is Cc1ccn(-c2ccc(F)cc2)c(=O)c1C(=O)Nc1cnc2ccccn2c1=O. The van der Waals surface area contributed by atoms with Gasteiger partial charge in [-0.05, 0) is 55.0 Å². The minimum absolute atomic E-state index is 0.0466. The Bertz CT molecular complexity index is 1360. The van der Waals surface area contributed by atoms with Crippen LogP contribution < -0.4 is 16.4 Å². The van der Waals surface area contributed by atoms with Gasteiger partial charge < -0.3 is 5.32 Å². The topological polar surface area (TPSA) is 85.5 Å². The normalized spacial score (nSPS) is 10.8. The lowest BCUT2D eigenvalue weighted by atomic mass is 10.1. The molecule has 0 aliphatic carbocycles. The Kier molecular flexibility index (Phi) is 4.52. The van der Waals surface area contributed by atoms with Gasteiger partial charge in [0.25, 0.3) is 17.0 Å². The van der Waals surface area contributed by atoms with Crippen molar-refractivity contribution in [1.82, 2.24) is 14.0 Å². The maximum Gasteiger partial charge on any atom is 0.281 e. The van der Waals surface area contributed by atoms with E-state index in [2.05, 4.69) is 10.3 Å². The second kappa shape index (κ2) is 7.16. The third-order valence-corrected chi connectivity index (χ3v) is 4.49. The molecule has 1 aromatic carbocycles. The highest BCUT2D eigenvalue weighted by atomic mass is 19.1. The molecule has 4 aromatic rings. The molecule has 0 atom stereocenters. The van der Waals surface area contributed by atoms with Crippen LogP contribution >= 0.6 is 0 Å². The lowest BCUT2D eigenvalue weighted by Gasteiger charge is -2.11. The van der Waals surface area contributed by atoms with Gasteiger partial charge >= 0.3 is 0 Å². The molecule has 7 nitrogen and oxygen atoms in total. The summed E-state index contributed by atoms with van der Waals surface area (Å²) in [6.45, 7) is 1.62. The van der Waals surface area contributed by atoms with Crippen LogP contribution in [-0.2, 0) is 0 Å². The Morgan fingerprint density at radius 1 is 1.00 bits per heavy atom. The van der Waals surface area contributed by atoms with Crippen LogP contribution in [0.1, 0.15) is 15.9 Å². The molecule has 3 aromatic heterocycles. The van der Waals surface area contributed by atoms with E-state index in [9.17, 15) is 18.8 Å². The van der Waals surface area contributed by atoms with E-state index in [-0.39, 0.29) is 11.3 Å². The summed E-state index contributed by atoms with van der Waals surface area (Å²) in [5.74, 6) is -1.16. The van der Waals surface area contributed by atoms with Crippen LogP contribution in [-0.4, -0.2) is 19.9 Å². The van der Waals surface area contributed by atoms with Crippen LogP contribution in [0.4, 0.5) is 10.1 Å². The molecule has 1 amide bonds. The number of nitrogens with one attached hydrogen (secondary N) is 1. The van der Waals surface area contributed by atoms with Crippen LogP contribution in [0.2, 0.25) is 0 Å². The fourth-order valence-electron chi connectivity index (χ4n) is 3.00. The molecule has 0 spiro atoms. The number of hydrogen-bond acceptors (Lipinski definition) is 4. The van der Waals surface area contributed by atoms with Gasteiger partial charge in [0.1, 0.15) is 22.7 Å². The van der Waals surface area contributed by atoms with Crippen molar-refractivity contribution in [1.29, 1.82) is 0 Å². The van der Waals surface area contributed by atoms with Crippen LogP contribution in [0.25, 0.3) is 11.3 Å². The van der Waals surface area contributed by atoms with E-state index in [4.69, 9.17) is 0 Å². The van der Waals surface area contributed by atoms with Crippen molar-refractivity contribution < 1.29 is 9.18 Å². The summed E-state index contributed by atoms with van der Waals surface area (Å²) >= 11 is 0. The van der Waals surface area contributed by atoms with E-state index in [1.165, 1.54) is 51.8 Å². The lowest BCUT2D eigenvalue weighted by Crippen LogP contribution is -2.31. The molecule has 0 bridgehead atoms. The van der Waals surface area contributed by atoms with E-state index in [0.717, 1.165) is 0 Å². The van der Waals surface area contributed by atoms with E-state index in [1.54, 1.807) is 31.2 Å². The molecule has 0 radical (unpaired) electrons. The van der Waals surface area contributed by atoms with Gasteiger partial charge in [-0.2, -0.15) is 0 Å². The number of hydrogen-bond donors (Lipinski definition) is 1. The van der Waals surface area contributed by atoms with E-state index in [1.807, 2.05) is 0 Å². The van der Waals surface area contributed by atoms with Gasteiger partial charge in [-0.1, -0.05) is 6.07 Å². The molecule has 1 N–H and O–H groups in total. The highest BCUT2D eigenvalue weighted by Gasteiger charge is 2.18. The monoisotopic (exact) mass is 390 g/mol. The van der Waals surface area contributed by atoms with Crippen molar-refractivity contribution in [2.24, 2.45) is 0 Å². The van der Waals surface area contributed by atoms with E-state index < -0.39 is 22.8 Å². The Morgan fingerprint density at radius 3 is 2.52 bits per heavy atom. The van der Waals surface area contributed by atoms with Crippen LogP contribution in [0.5, 0.6) is 0 Å². The number of carbonyl (C=O) groups is 1. The fourth-order valence-corrected chi connectivity index (χ4v) is 3.00. The van der Waals surface area contributed by atoms with Gasteiger partial charge in [0.2, 0.25) is 0 Å². The van der Waals surface area contributed by atoms with Gasteiger partial charge in [-0.25, -0.2) is 9.37 Å². The predicted molar refractivity (Wildman–Crippen MR) is 106 cm³/mol. The largest absolute Gasteiger partial charge is 0.316 e. The molecule has 0 unspecified atom stereocenters. The predicted octanol–water partition coefficient (Wildman–Crippen LogP) is 2.55. The minimum Gasteiger partial charge on any atom is -0.316 e. The first-order valence-electron chi connectivity index (χ1n) is 8.71. The molecule has 3 heterocycles. The van der Waals surface area contributed by atoms with Crippen molar-refractivity contribution in [3.8, 4) is 5.69 Å². The Labute approximate surface area is 163 Å². The van der Waals surface area contributed by atoms with Gasteiger partial charge in [0, 0.05) is 18.1 Å². The van der Waals surface area contributed by atoms with Gasteiger partial charge in [-0.15, -0.1) is 0 Å². The average molecular weight is 390 g/mol. The Morgan fingerprint density at radius 2 is 1.76 bits per heavy atom. The minimum atomic E-state index is -0.723. The zero-order valence-corrected chi connectivity index (χ0v) is 15.3. The molecule has 144 valence electrons. The number of benzene rings is 1. The molecule has 8 heteroatoms. The summed E-state index contributed by atoms with van der Waals surface area (Å²) in [6, 6.07) is 12.0. The summed E-state index contributed by atoms with van der Waals surface area (Å²) in [7, 11) is 0. The smallest absolute Gasteiger partial charge is 0.281 e. The quantitative estimate of drug-likeness (QED) is 0.583. The highest BCUT2D eigenvalue weighted by molar-refractivity contribution is 6.04. The number of fused-ring (bicyclic) bond motifs is 1. The lowest BCUT2D eigenvalue weighted by molar-refractivity contribution is 0.102. The second-order valence-electron chi connectivity index (χ2n) is 6.39. The standard InChI is InChI=1S/C21H15FN4O3/c1-13-9-11-25(15-7-5-14(22)6-8-15)21(29)18(13)19(27)24-16-12-23-17-4-2-3-10-26(17)20(16)28/h2-12H,1H3,(H,24,27). The Balaban J connectivity index is 1.75. The molecule has 29 heavy (non-hydrogen) atoms. The maximum absolute atomic E-state index is 13.2. The van der Waals surface area contributed by atoms with Crippen LogP contribution in [0.15, 0.2) is 76.7 Å². The average Bonchev–Trinajstić information content (AvgIpc) is 2.71. The zero-order valence-electron chi connectivity index (χ0n) is 15.3. The molecule has 0 aliphatic rings. The number of pyridine rings is 2. The molecule has 0 saturated carbocycles. The highest BCUT2D eigenvalue weighted by Crippen LogP contribution is 2.11. The van der Waals surface area contributed by atoms with Crippen molar-refractivity contribution in [2.75, 3.05) is 5.32 Å². The van der Waals surface area contributed by atoms with Crippen molar-refractivity contribution >= 4 is 17.2 Å². The van der Waals surface area contributed by atoms with E-state index >= 15 is 0 Å². The van der Waals surface area contributed by atoms with Crippen LogP contribution in [0, 0.1) is 12.7 Å². The number of aryl methyl sites for hydroxylation is 1. The first kappa shape index (κ1) is 18.3. The summed E-state index contributed by atoms with van der Waals surface area (Å²) in [5, 5.41) is 2.48. The van der Waals surface area contributed by atoms with Crippen molar-refractivity contribution in [3.63, 3.8) is 0 Å². The zero-order chi connectivity index (χ0) is 20.5. The van der Waals surface area contributed by atoms with E-state index in [0.29, 0.717) is 16.9 Å². The van der Waals surface area contributed by atoms with Gasteiger partial charge in [0.05, 0.1) is 6.20 Å². The fraction of sp³-hybridized carbons (Fsp3) is 0.0476. The first-order valence-corrected chi connectivity index (χ1v) is 8.71. The number of nitrogens with zero attached hydrogens (tertiary/aromatic N) is 3. The molecular weight excluding hydrogens is 375 g/mol. The first-order chi connectivity index (χ1) is 14.0. The number of carbonyl (C=O) groups excluding carboxylic acids is 1. The summed E-state index contributed by atoms with van der Waals surface area (Å²) in [4.78, 5) is 42.4. The number of aromatic nitrogens is 3. The number of halogens is 1. The second-order valence-corrected chi connectivity index (χ2v) is 6.39. The molecular formula is C21H15FN4O3. The van der Waals surface area contributed by atoms with Gasteiger partial charge in [0.15, 0.2) is 0 Å². The number of amides is 1. The summed E-state index contributed by atoms with van der Waals surface area (Å²) < 4.78 is 15.7. The molecule has 4 rings (SSSR count). The number of rotatable bonds is 3. The maximum atomic E-state index is 13.2. The molecule has 0 aliphatic heterocycles. The van der Waals surface area contributed by atoms with Crippen LogP contribution in [0.3, 0.4) is 0 Å². The molecule has 0 fully saturated rings. The third-order valence-electron chi connectivity index (χ3n) is 4.49. The van der Waals surface area contributed by atoms with Gasteiger partial charge in [-0.3, -0.25) is 23.4 Å². The summed E-state index contributed by atoms with van der Waals surface area (Å²) in [5.41, 5.74) is 0.0890. The summed E-state index contributed by atoms with van der Waals surface area (Å²) in [6.07, 6.45) is 4.30.